The third-order valence-electron chi connectivity index (χ3n) is 2.40. The van der Waals surface area contributed by atoms with Crippen molar-refractivity contribution < 1.29 is 9.18 Å². The van der Waals surface area contributed by atoms with Crippen molar-refractivity contribution >= 4 is 21.7 Å². The maximum Gasteiger partial charge on any atom is 0.146 e. The maximum atomic E-state index is 12.8. The van der Waals surface area contributed by atoms with Gasteiger partial charge in [0.15, 0.2) is 0 Å². The Morgan fingerprint density at radius 1 is 1.53 bits per heavy atom. The molecular formula is C12H14BrFO. The van der Waals surface area contributed by atoms with Gasteiger partial charge in [0.1, 0.15) is 11.6 Å². The average molecular weight is 273 g/mol. The van der Waals surface area contributed by atoms with Gasteiger partial charge in [0.2, 0.25) is 0 Å². The second-order valence-electron chi connectivity index (χ2n) is 3.56. The number of hydrogen-bond acceptors (Lipinski definition) is 1. The van der Waals surface area contributed by atoms with Crippen molar-refractivity contribution in [1.82, 2.24) is 0 Å². The molecule has 0 bridgehead atoms. The summed E-state index contributed by atoms with van der Waals surface area (Å²) in [7, 11) is 0. The van der Waals surface area contributed by atoms with Gasteiger partial charge in [-0.1, -0.05) is 28.9 Å². The second kappa shape index (κ2) is 5.40. The Labute approximate surface area is 97.8 Å². The monoisotopic (exact) mass is 272 g/mol. The number of carbonyl (C=O) groups is 1. The number of aryl methyl sites for hydroxylation is 1. The number of carbonyl (C=O) groups excluding carboxylic acids is 1. The number of hydrogen-bond donors (Lipinski definition) is 0. The van der Waals surface area contributed by atoms with E-state index in [1.165, 1.54) is 12.1 Å². The van der Waals surface area contributed by atoms with Crippen LogP contribution in [0.3, 0.4) is 0 Å². The van der Waals surface area contributed by atoms with Crippen LogP contribution in [-0.4, -0.2) is 10.6 Å². The zero-order valence-electron chi connectivity index (χ0n) is 8.89. The van der Waals surface area contributed by atoms with Crippen LogP contribution in [-0.2, 0) is 11.2 Å². The molecule has 1 rings (SSSR count). The van der Waals surface area contributed by atoms with Gasteiger partial charge in [-0.05, 0) is 36.6 Å². The molecule has 0 aliphatic carbocycles. The lowest BCUT2D eigenvalue weighted by atomic mass is 10.0. The lowest BCUT2D eigenvalue weighted by Gasteiger charge is -2.10. The summed E-state index contributed by atoms with van der Waals surface area (Å²) in [5.74, 6) is -0.0529. The van der Waals surface area contributed by atoms with E-state index in [0.29, 0.717) is 12.8 Å². The average Bonchev–Trinajstić information content (AvgIpc) is 2.20. The molecule has 0 amide bonds. The minimum atomic E-state index is -0.232. The van der Waals surface area contributed by atoms with Crippen molar-refractivity contribution in [2.75, 3.05) is 0 Å². The third kappa shape index (κ3) is 3.42. The summed E-state index contributed by atoms with van der Waals surface area (Å²) in [5.41, 5.74) is 1.91. The molecule has 1 aromatic rings. The number of halogens is 2. The number of alkyl halides is 1. The van der Waals surface area contributed by atoms with Crippen LogP contribution in [0.4, 0.5) is 4.39 Å². The topological polar surface area (TPSA) is 17.1 Å². The van der Waals surface area contributed by atoms with E-state index < -0.39 is 0 Å². The zero-order valence-corrected chi connectivity index (χ0v) is 10.5. The molecule has 0 aliphatic rings. The molecule has 0 fully saturated rings. The highest BCUT2D eigenvalue weighted by atomic mass is 79.9. The van der Waals surface area contributed by atoms with E-state index in [2.05, 4.69) is 15.9 Å². The second-order valence-corrected chi connectivity index (χ2v) is 4.67. The normalized spacial score (nSPS) is 12.5. The predicted octanol–water partition coefficient (Wildman–Crippen LogP) is 3.42. The zero-order chi connectivity index (χ0) is 11.4. The molecule has 1 nitrogen and oxygen atoms in total. The molecule has 0 N–H and O–H groups in total. The van der Waals surface area contributed by atoms with Crippen LogP contribution in [0.2, 0.25) is 0 Å². The molecule has 3 heteroatoms. The largest absolute Gasteiger partial charge is 0.298 e. The highest BCUT2D eigenvalue weighted by Crippen LogP contribution is 2.16. The molecule has 0 aromatic heterocycles. The molecule has 0 spiro atoms. The maximum absolute atomic E-state index is 12.8. The van der Waals surface area contributed by atoms with E-state index in [0.717, 1.165) is 11.1 Å². The number of benzene rings is 1. The van der Waals surface area contributed by atoms with E-state index in [1.807, 2.05) is 13.8 Å². The highest BCUT2D eigenvalue weighted by Gasteiger charge is 2.14. The smallest absolute Gasteiger partial charge is 0.146 e. The first-order chi connectivity index (χ1) is 7.04. The highest BCUT2D eigenvalue weighted by molar-refractivity contribution is 9.10. The Kier molecular flexibility index (Phi) is 4.45. The van der Waals surface area contributed by atoms with Gasteiger partial charge in [-0.2, -0.15) is 0 Å². The summed E-state index contributed by atoms with van der Waals surface area (Å²) in [4.78, 5) is 11.2. The summed E-state index contributed by atoms with van der Waals surface area (Å²) < 4.78 is 12.8. The summed E-state index contributed by atoms with van der Waals surface area (Å²) >= 11 is 3.35. The van der Waals surface area contributed by atoms with E-state index in [9.17, 15) is 9.18 Å². The lowest BCUT2D eigenvalue weighted by molar-refractivity contribution is -0.118. The van der Waals surface area contributed by atoms with Gasteiger partial charge >= 0.3 is 0 Å². The van der Waals surface area contributed by atoms with Crippen molar-refractivity contribution in [3.05, 3.63) is 35.1 Å². The minimum absolute atomic E-state index is 0.160. The minimum Gasteiger partial charge on any atom is -0.298 e. The molecule has 0 radical (unpaired) electrons. The van der Waals surface area contributed by atoms with Gasteiger partial charge in [-0.15, -0.1) is 0 Å². The van der Waals surface area contributed by atoms with Crippen LogP contribution in [0, 0.1) is 12.7 Å². The van der Waals surface area contributed by atoms with Crippen LogP contribution in [0.15, 0.2) is 18.2 Å². The quantitative estimate of drug-likeness (QED) is 0.768. The Hall–Kier alpha value is -0.700. The van der Waals surface area contributed by atoms with E-state index >= 15 is 0 Å². The van der Waals surface area contributed by atoms with Gasteiger partial charge in [0.25, 0.3) is 0 Å². The Bertz CT molecular complexity index is 363. The van der Waals surface area contributed by atoms with Crippen molar-refractivity contribution in [3.8, 4) is 0 Å². The number of Topliss-reactive ketones (excluding diaryl/α,β-unsaturated/α-hetero) is 1. The van der Waals surface area contributed by atoms with E-state index in [4.69, 9.17) is 0 Å². The molecule has 0 saturated carbocycles. The van der Waals surface area contributed by atoms with Crippen LogP contribution >= 0.6 is 15.9 Å². The van der Waals surface area contributed by atoms with Crippen molar-refractivity contribution in [1.29, 1.82) is 0 Å². The molecule has 82 valence electrons. The standard InChI is InChI=1S/C12H14BrFO/c1-3-12(15)11(13)7-9-4-5-10(14)6-8(9)2/h4-6,11H,3,7H2,1-2H3. The first-order valence-corrected chi connectivity index (χ1v) is 5.88. The predicted molar refractivity (Wildman–Crippen MR) is 62.9 cm³/mol. The van der Waals surface area contributed by atoms with E-state index in [1.54, 1.807) is 6.07 Å². The first kappa shape index (κ1) is 12.4. The SMILES string of the molecule is CCC(=O)C(Br)Cc1ccc(F)cc1C. The molecule has 15 heavy (non-hydrogen) atoms. The fourth-order valence-electron chi connectivity index (χ4n) is 1.42. The first-order valence-electron chi connectivity index (χ1n) is 4.96. The summed E-state index contributed by atoms with van der Waals surface area (Å²) in [6, 6.07) is 4.66. The molecule has 0 saturated heterocycles. The summed E-state index contributed by atoms with van der Waals surface area (Å²) in [6.07, 6.45) is 1.15. The van der Waals surface area contributed by atoms with E-state index in [-0.39, 0.29) is 16.4 Å². The molecule has 1 aromatic carbocycles. The molecule has 1 unspecified atom stereocenters. The van der Waals surface area contributed by atoms with Gasteiger partial charge < -0.3 is 0 Å². The molecule has 0 aliphatic heterocycles. The Morgan fingerprint density at radius 2 is 2.20 bits per heavy atom. The van der Waals surface area contributed by atoms with Crippen LogP contribution in [0.25, 0.3) is 0 Å². The Morgan fingerprint density at radius 3 is 2.73 bits per heavy atom. The summed E-state index contributed by atoms with van der Waals surface area (Å²) in [5, 5.41) is 0. The fourth-order valence-corrected chi connectivity index (χ4v) is 2.09. The van der Waals surface area contributed by atoms with Crippen molar-refractivity contribution in [3.63, 3.8) is 0 Å². The lowest BCUT2D eigenvalue weighted by Crippen LogP contribution is -2.15. The number of rotatable bonds is 4. The summed E-state index contributed by atoms with van der Waals surface area (Å²) in [6.45, 7) is 3.70. The van der Waals surface area contributed by atoms with Crippen LogP contribution in [0.1, 0.15) is 24.5 Å². The van der Waals surface area contributed by atoms with Gasteiger partial charge in [0, 0.05) is 6.42 Å². The third-order valence-corrected chi connectivity index (χ3v) is 3.24. The number of ketones is 1. The molecular weight excluding hydrogens is 259 g/mol. The van der Waals surface area contributed by atoms with Crippen molar-refractivity contribution in [2.45, 2.75) is 31.5 Å². The van der Waals surface area contributed by atoms with Gasteiger partial charge in [0.05, 0.1) is 4.83 Å². The van der Waals surface area contributed by atoms with Gasteiger partial charge in [-0.3, -0.25) is 4.79 Å². The molecule has 1 atom stereocenters. The van der Waals surface area contributed by atoms with Crippen LogP contribution < -0.4 is 0 Å². The van der Waals surface area contributed by atoms with Gasteiger partial charge in [-0.25, -0.2) is 4.39 Å². The fraction of sp³-hybridized carbons (Fsp3) is 0.417. The van der Waals surface area contributed by atoms with Crippen molar-refractivity contribution in [2.24, 2.45) is 0 Å². The Balaban J connectivity index is 2.76. The molecule has 0 heterocycles. The van der Waals surface area contributed by atoms with Crippen LogP contribution in [0.5, 0.6) is 0 Å².